The molecule has 170 valence electrons. The van der Waals surface area contributed by atoms with E-state index >= 15 is 0 Å². The average Bonchev–Trinajstić information content (AvgIpc) is 2.81. The molecule has 0 saturated heterocycles. The van der Waals surface area contributed by atoms with Crippen LogP contribution in [-0.2, 0) is 4.79 Å². The molecule has 0 aromatic heterocycles. The summed E-state index contributed by atoms with van der Waals surface area (Å²) >= 11 is 15.3. The number of ether oxygens (including phenoxy) is 3. The minimum absolute atomic E-state index is 0.216. The van der Waals surface area contributed by atoms with Gasteiger partial charge < -0.3 is 14.2 Å². The summed E-state index contributed by atoms with van der Waals surface area (Å²) in [6, 6.07) is 16.4. The maximum absolute atomic E-state index is 12.5. The molecule has 3 rings (SSSR count). The zero-order valence-corrected chi connectivity index (χ0v) is 20.3. The monoisotopic (exact) mass is 550 g/mol. The van der Waals surface area contributed by atoms with Crippen LogP contribution in [0.15, 0.2) is 70.2 Å². The Morgan fingerprint density at radius 1 is 1.06 bits per heavy atom. The van der Waals surface area contributed by atoms with Crippen molar-refractivity contribution in [1.29, 1.82) is 0 Å². The smallest absolute Gasteiger partial charge is 0.343 e. The number of hydrogen-bond donors (Lipinski definition) is 1. The Morgan fingerprint density at radius 3 is 2.55 bits per heavy atom. The zero-order valence-electron chi connectivity index (χ0n) is 17.2. The molecule has 10 heteroatoms. The molecular weight excluding hydrogens is 535 g/mol. The fourth-order valence-electron chi connectivity index (χ4n) is 2.54. The summed E-state index contributed by atoms with van der Waals surface area (Å²) in [5, 5.41) is 4.44. The van der Waals surface area contributed by atoms with Crippen LogP contribution in [0.5, 0.6) is 17.2 Å². The van der Waals surface area contributed by atoms with E-state index in [0.29, 0.717) is 21.9 Å². The molecule has 3 aromatic rings. The van der Waals surface area contributed by atoms with E-state index in [-0.39, 0.29) is 23.1 Å². The lowest BCUT2D eigenvalue weighted by Crippen LogP contribution is -2.24. The van der Waals surface area contributed by atoms with E-state index in [9.17, 15) is 9.59 Å². The summed E-state index contributed by atoms with van der Waals surface area (Å²) in [6.45, 7) is -0.324. The van der Waals surface area contributed by atoms with Crippen molar-refractivity contribution in [2.24, 2.45) is 5.10 Å². The second-order valence-corrected chi connectivity index (χ2v) is 8.13. The number of hydrazone groups is 1. The minimum Gasteiger partial charge on any atom is -0.497 e. The van der Waals surface area contributed by atoms with Gasteiger partial charge in [0.1, 0.15) is 22.3 Å². The molecule has 0 spiro atoms. The molecule has 0 aliphatic carbocycles. The van der Waals surface area contributed by atoms with Gasteiger partial charge in [-0.1, -0.05) is 45.2 Å². The van der Waals surface area contributed by atoms with E-state index in [4.69, 9.17) is 37.4 Å². The molecule has 0 unspecified atom stereocenters. The summed E-state index contributed by atoms with van der Waals surface area (Å²) in [6.07, 6.45) is 1.35. The van der Waals surface area contributed by atoms with Crippen LogP contribution in [0.3, 0.4) is 0 Å². The zero-order chi connectivity index (χ0) is 23.8. The number of methoxy groups -OCH3 is 1. The van der Waals surface area contributed by atoms with E-state index < -0.39 is 11.9 Å². The van der Waals surface area contributed by atoms with Crippen molar-refractivity contribution in [3.63, 3.8) is 0 Å². The Hall–Kier alpha value is -3.07. The number of rotatable bonds is 8. The van der Waals surface area contributed by atoms with E-state index in [1.165, 1.54) is 13.3 Å². The molecule has 0 heterocycles. The lowest BCUT2D eigenvalue weighted by molar-refractivity contribution is -0.123. The van der Waals surface area contributed by atoms with Crippen molar-refractivity contribution < 1.29 is 23.8 Å². The third-order valence-electron chi connectivity index (χ3n) is 4.17. The SMILES string of the molecule is COc1ccc(C(=O)Oc2ccc(Br)cc2C=NNC(=O)COc2cccc(Cl)c2Cl)cc1. The fourth-order valence-corrected chi connectivity index (χ4v) is 3.27. The Labute approximate surface area is 208 Å². The van der Waals surface area contributed by atoms with Crippen molar-refractivity contribution in [1.82, 2.24) is 5.43 Å². The predicted molar refractivity (Wildman–Crippen MR) is 130 cm³/mol. The van der Waals surface area contributed by atoms with Crippen LogP contribution in [0, 0.1) is 0 Å². The standard InChI is InChI=1S/C23H17BrCl2N2O5/c1-31-17-8-5-14(6-9-17)23(30)33-19-10-7-16(24)11-15(19)12-27-28-21(29)13-32-20-4-2-3-18(25)22(20)26/h2-12H,13H2,1H3,(H,28,29). The maximum atomic E-state index is 12.5. The number of carbonyl (C=O) groups is 2. The van der Waals surface area contributed by atoms with Gasteiger partial charge in [-0.15, -0.1) is 0 Å². The van der Waals surface area contributed by atoms with Crippen molar-refractivity contribution in [3.8, 4) is 17.2 Å². The van der Waals surface area contributed by atoms with Gasteiger partial charge in [0.05, 0.1) is 23.9 Å². The normalized spacial score (nSPS) is 10.7. The van der Waals surface area contributed by atoms with Crippen molar-refractivity contribution >= 4 is 57.2 Å². The summed E-state index contributed by atoms with van der Waals surface area (Å²) in [5.41, 5.74) is 3.16. The number of carbonyl (C=O) groups excluding carboxylic acids is 2. The minimum atomic E-state index is -0.550. The topological polar surface area (TPSA) is 86.2 Å². The van der Waals surface area contributed by atoms with Gasteiger partial charge >= 0.3 is 5.97 Å². The highest BCUT2D eigenvalue weighted by atomic mass is 79.9. The predicted octanol–water partition coefficient (Wildman–Crippen LogP) is 5.51. The van der Waals surface area contributed by atoms with Gasteiger partial charge in [-0.05, 0) is 54.6 Å². The summed E-state index contributed by atoms with van der Waals surface area (Å²) < 4.78 is 16.7. The molecule has 1 N–H and O–H groups in total. The lowest BCUT2D eigenvalue weighted by Gasteiger charge is -2.09. The van der Waals surface area contributed by atoms with E-state index in [0.717, 1.165) is 4.47 Å². The first-order chi connectivity index (χ1) is 15.9. The molecule has 0 bridgehead atoms. The van der Waals surface area contributed by atoms with Crippen LogP contribution in [0.4, 0.5) is 0 Å². The van der Waals surface area contributed by atoms with Gasteiger partial charge in [-0.2, -0.15) is 5.10 Å². The van der Waals surface area contributed by atoms with Crippen LogP contribution in [0.2, 0.25) is 10.0 Å². The number of nitrogens with one attached hydrogen (secondary N) is 1. The molecule has 0 saturated carbocycles. The summed E-state index contributed by atoms with van der Waals surface area (Å²) in [5.74, 6) is 0.0990. The molecule has 0 aliphatic rings. The van der Waals surface area contributed by atoms with E-state index in [2.05, 4.69) is 26.5 Å². The lowest BCUT2D eigenvalue weighted by atomic mass is 10.2. The average molecular weight is 552 g/mol. The second kappa shape index (κ2) is 11.7. The molecule has 1 amide bonds. The first kappa shape index (κ1) is 24.6. The van der Waals surface area contributed by atoms with E-state index in [1.807, 2.05) is 0 Å². The highest BCUT2D eigenvalue weighted by molar-refractivity contribution is 9.10. The first-order valence-electron chi connectivity index (χ1n) is 9.42. The Morgan fingerprint density at radius 2 is 1.82 bits per heavy atom. The second-order valence-electron chi connectivity index (χ2n) is 6.43. The number of halogens is 3. The largest absolute Gasteiger partial charge is 0.497 e. The Kier molecular flexibility index (Phi) is 8.71. The summed E-state index contributed by atoms with van der Waals surface area (Å²) in [7, 11) is 1.54. The molecule has 0 fully saturated rings. The number of benzene rings is 3. The third-order valence-corrected chi connectivity index (χ3v) is 5.46. The van der Waals surface area contributed by atoms with Crippen LogP contribution < -0.4 is 19.6 Å². The molecule has 0 aliphatic heterocycles. The molecule has 0 atom stereocenters. The van der Waals surface area contributed by atoms with Gasteiger partial charge in [0.2, 0.25) is 0 Å². The maximum Gasteiger partial charge on any atom is 0.343 e. The van der Waals surface area contributed by atoms with Gasteiger partial charge in [-0.25, -0.2) is 10.2 Å². The van der Waals surface area contributed by atoms with Crippen molar-refractivity contribution in [2.45, 2.75) is 0 Å². The number of hydrogen-bond acceptors (Lipinski definition) is 6. The van der Waals surface area contributed by atoms with Gasteiger partial charge in [0.25, 0.3) is 5.91 Å². The molecule has 7 nitrogen and oxygen atoms in total. The Bertz CT molecular complexity index is 1190. The molecular formula is C23H17BrCl2N2O5. The van der Waals surface area contributed by atoms with Crippen LogP contribution in [0.1, 0.15) is 15.9 Å². The number of amides is 1. The first-order valence-corrected chi connectivity index (χ1v) is 11.0. The van der Waals surface area contributed by atoms with Gasteiger partial charge in [0, 0.05) is 10.0 Å². The van der Waals surface area contributed by atoms with Gasteiger partial charge in [0.15, 0.2) is 6.61 Å². The fraction of sp³-hybridized carbons (Fsp3) is 0.0870. The quantitative estimate of drug-likeness (QED) is 0.172. The number of esters is 1. The van der Waals surface area contributed by atoms with Crippen LogP contribution >= 0.6 is 39.1 Å². The van der Waals surface area contributed by atoms with Crippen molar-refractivity contribution in [3.05, 3.63) is 86.3 Å². The van der Waals surface area contributed by atoms with E-state index in [1.54, 1.807) is 60.7 Å². The highest BCUT2D eigenvalue weighted by Gasteiger charge is 2.12. The highest BCUT2D eigenvalue weighted by Crippen LogP contribution is 2.31. The molecule has 33 heavy (non-hydrogen) atoms. The Balaban J connectivity index is 1.62. The molecule has 0 radical (unpaired) electrons. The molecule has 3 aromatic carbocycles. The van der Waals surface area contributed by atoms with Gasteiger partial charge in [-0.3, -0.25) is 4.79 Å². The number of nitrogens with zero attached hydrogens (tertiary/aromatic N) is 1. The van der Waals surface area contributed by atoms with Crippen LogP contribution in [-0.4, -0.2) is 31.8 Å². The summed E-state index contributed by atoms with van der Waals surface area (Å²) in [4.78, 5) is 24.5. The van der Waals surface area contributed by atoms with Crippen molar-refractivity contribution in [2.75, 3.05) is 13.7 Å². The van der Waals surface area contributed by atoms with Crippen LogP contribution in [0.25, 0.3) is 0 Å². The third kappa shape index (κ3) is 6.95.